The number of hydrogen-bond acceptors (Lipinski definition) is 8. The van der Waals surface area contributed by atoms with Crippen LogP contribution in [0.3, 0.4) is 0 Å². The fourth-order valence-electron chi connectivity index (χ4n) is 1.92. The molecule has 1 aromatic carbocycles. The molecule has 0 unspecified atom stereocenters. The lowest BCUT2D eigenvalue weighted by atomic mass is 10.3. The highest BCUT2D eigenvalue weighted by molar-refractivity contribution is 7.99. The zero-order valence-electron chi connectivity index (χ0n) is 13.6. The smallest absolute Gasteiger partial charge is 0.264 e. The number of rotatable bonds is 7. The van der Waals surface area contributed by atoms with Gasteiger partial charge in [0, 0.05) is 15.7 Å². The summed E-state index contributed by atoms with van der Waals surface area (Å²) >= 11 is 12.9. The molecule has 2 aromatic heterocycles. The Balaban J connectivity index is 1.53. The quantitative estimate of drug-likeness (QED) is 0.230. The highest BCUT2D eigenvalue weighted by Gasteiger charge is 2.12. The van der Waals surface area contributed by atoms with E-state index in [1.807, 2.05) is 0 Å². The van der Waals surface area contributed by atoms with Gasteiger partial charge in [-0.3, -0.25) is 4.79 Å². The minimum absolute atomic E-state index is 0.0646. The molecule has 2 heterocycles. The van der Waals surface area contributed by atoms with Gasteiger partial charge >= 0.3 is 0 Å². The van der Waals surface area contributed by atoms with E-state index in [0.29, 0.717) is 26.6 Å². The monoisotopic (exact) mass is 425 g/mol. The second-order valence-electron chi connectivity index (χ2n) is 5.06. The van der Waals surface area contributed by atoms with Crippen molar-refractivity contribution in [1.82, 2.24) is 14.9 Å². The normalized spacial score (nSPS) is 11.0. The number of carbonyl (C=O) groups is 1. The standard InChI is InChI=1S/C15H13Cl2N7O2S/c16-9-4-10(17)6-11(5-9)20-13(25)8-27-15-23-22-14(24(15)18)21-19-7-12-2-1-3-26-12/h1-7H,8,18H2,(H,20,25)(H,21,22)/b19-7+. The molecule has 4 N–H and O–H groups in total. The summed E-state index contributed by atoms with van der Waals surface area (Å²) in [5.74, 6) is 6.46. The largest absolute Gasteiger partial charge is 0.463 e. The number of nitrogens with one attached hydrogen (secondary N) is 2. The number of aromatic nitrogens is 3. The van der Waals surface area contributed by atoms with Crippen molar-refractivity contribution in [3.05, 3.63) is 52.4 Å². The number of nitrogen functional groups attached to an aromatic ring is 1. The molecule has 0 fully saturated rings. The van der Waals surface area contributed by atoms with E-state index in [9.17, 15) is 4.79 Å². The maximum atomic E-state index is 12.1. The molecule has 140 valence electrons. The lowest BCUT2D eigenvalue weighted by Gasteiger charge is -2.06. The van der Waals surface area contributed by atoms with Crippen LogP contribution >= 0.6 is 35.0 Å². The van der Waals surface area contributed by atoms with Gasteiger partial charge in [0.2, 0.25) is 11.1 Å². The first-order valence-electron chi connectivity index (χ1n) is 7.43. The molecule has 0 saturated carbocycles. The Morgan fingerprint density at radius 1 is 1.33 bits per heavy atom. The molecule has 3 aromatic rings. The molecule has 27 heavy (non-hydrogen) atoms. The van der Waals surface area contributed by atoms with Gasteiger partial charge in [-0.05, 0) is 30.3 Å². The van der Waals surface area contributed by atoms with Crippen molar-refractivity contribution in [3.8, 4) is 0 Å². The average Bonchev–Trinajstić information content (AvgIpc) is 3.23. The van der Waals surface area contributed by atoms with Crippen LogP contribution in [0.25, 0.3) is 0 Å². The second-order valence-corrected chi connectivity index (χ2v) is 6.87. The number of hydrogen-bond donors (Lipinski definition) is 3. The Morgan fingerprint density at radius 2 is 2.11 bits per heavy atom. The summed E-state index contributed by atoms with van der Waals surface area (Å²) in [5.41, 5.74) is 3.14. The van der Waals surface area contributed by atoms with Gasteiger partial charge in [-0.2, -0.15) is 5.10 Å². The summed E-state index contributed by atoms with van der Waals surface area (Å²) in [7, 11) is 0. The van der Waals surface area contributed by atoms with Crippen molar-refractivity contribution >= 4 is 58.7 Å². The number of anilines is 2. The molecular formula is C15H13Cl2N7O2S. The maximum absolute atomic E-state index is 12.1. The van der Waals surface area contributed by atoms with E-state index in [0.717, 1.165) is 11.8 Å². The highest BCUT2D eigenvalue weighted by atomic mass is 35.5. The number of nitrogens with zero attached hydrogens (tertiary/aromatic N) is 4. The summed E-state index contributed by atoms with van der Waals surface area (Å²) in [4.78, 5) is 12.1. The first-order chi connectivity index (χ1) is 13.0. The lowest BCUT2D eigenvalue weighted by molar-refractivity contribution is -0.113. The molecule has 0 bridgehead atoms. The molecule has 0 atom stereocenters. The highest BCUT2D eigenvalue weighted by Crippen LogP contribution is 2.23. The second kappa shape index (κ2) is 8.80. The van der Waals surface area contributed by atoms with E-state index in [1.165, 1.54) is 17.2 Å². The lowest BCUT2D eigenvalue weighted by Crippen LogP contribution is -2.16. The molecule has 0 aliphatic carbocycles. The number of hydrazone groups is 1. The first kappa shape index (κ1) is 19.1. The van der Waals surface area contributed by atoms with Crippen molar-refractivity contribution in [2.45, 2.75) is 5.16 Å². The van der Waals surface area contributed by atoms with Crippen LogP contribution in [0.1, 0.15) is 5.76 Å². The number of halogens is 2. The third-order valence-corrected chi connectivity index (χ3v) is 4.42. The van der Waals surface area contributed by atoms with E-state index in [2.05, 4.69) is 26.0 Å². The van der Waals surface area contributed by atoms with Gasteiger partial charge in [0.15, 0.2) is 0 Å². The van der Waals surface area contributed by atoms with Crippen LogP contribution in [0.2, 0.25) is 10.0 Å². The number of furan rings is 1. The molecule has 12 heteroatoms. The number of amides is 1. The van der Waals surface area contributed by atoms with Gasteiger partial charge in [0.05, 0.1) is 18.2 Å². The van der Waals surface area contributed by atoms with Crippen LogP contribution in [-0.4, -0.2) is 32.7 Å². The first-order valence-corrected chi connectivity index (χ1v) is 9.17. The van der Waals surface area contributed by atoms with E-state index in [1.54, 1.807) is 30.3 Å². The van der Waals surface area contributed by atoms with Crippen molar-refractivity contribution in [1.29, 1.82) is 0 Å². The number of carbonyl (C=O) groups excluding carboxylic acids is 1. The minimum Gasteiger partial charge on any atom is -0.463 e. The van der Waals surface area contributed by atoms with E-state index in [-0.39, 0.29) is 17.6 Å². The van der Waals surface area contributed by atoms with Crippen LogP contribution < -0.4 is 16.6 Å². The molecule has 0 spiro atoms. The third kappa shape index (κ3) is 5.39. The molecule has 0 radical (unpaired) electrons. The van der Waals surface area contributed by atoms with Gasteiger partial charge in [0.25, 0.3) is 5.95 Å². The maximum Gasteiger partial charge on any atom is 0.264 e. The zero-order chi connectivity index (χ0) is 19.2. The summed E-state index contributed by atoms with van der Waals surface area (Å²) in [6.45, 7) is 0. The Labute approximate surface area is 167 Å². The van der Waals surface area contributed by atoms with Gasteiger partial charge in [0.1, 0.15) is 5.76 Å². The number of nitrogens with two attached hydrogens (primary N) is 1. The zero-order valence-corrected chi connectivity index (χ0v) is 15.9. The Hall–Kier alpha value is -2.69. The Kier molecular flexibility index (Phi) is 6.22. The fourth-order valence-corrected chi connectivity index (χ4v) is 3.11. The Morgan fingerprint density at radius 3 is 2.81 bits per heavy atom. The minimum atomic E-state index is -0.272. The predicted molar refractivity (Wildman–Crippen MR) is 106 cm³/mol. The van der Waals surface area contributed by atoms with Gasteiger partial charge < -0.3 is 15.6 Å². The molecule has 0 saturated heterocycles. The van der Waals surface area contributed by atoms with Gasteiger partial charge in [-0.1, -0.05) is 35.0 Å². The molecule has 0 aliphatic rings. The SMILES string of the molecule is Nn1c(N/N=C/c2ccco2)nnc1SCC(=O)Nc1cc(Cl)cc(Cl)c1. The van der Waals surface area contributed by atoms with Crippen LogP contribution in [0, 0.1) is 0 Å². The van der Waals surface area contributed by atoms with Crippen molar-refractivity contribution in [2.24, 2.45) is 5.10 Å². The van der Waals surface area contributed by atoms with Crippen LogP contribution in [-0.2, 0) is 4.79 Å². The molecule has 9 nitrogen and oxygen atoms in total. The third-order valence-electron chi connectivity index (χ3n) is 3.04. The Bertz CT molecular complexity index is 939. The van der Waals surface area contributed by atoms with E-state index >= 15 is 0 Å². The molecule has 3 rings (SSSR count). The van der Waals surface area contributed by atoms with Crippen LogP contribution in [0.15, 0.2) is 51.3 Å². The summed E-state index contributed by atoms with van der Waals surface area (Å²) in [6.07, 6.45) is 3.00. The molecule has 1 amide bonds. The van der Waals surface area contributed by atoms with Crippen molar-refractivity contribution in [3.63, 3.8) is 0 Å². The summed E-state index contributed by atoms with van der Waals surface area (Å²) in [5, 5.41) is 15.6. The fraction of sp³-hybridized carbons (Fsp3) is 0.0667. The van der Waals surface area contributed by atoms with Crippen LogP contribution in [0.4, 0.5) is 11.6 Å². The van der Waals surface area contributed by atoms with Crippen molar-refractivity contribution in [2.75, 3.05) is 22.3 Å². The molecular weight excluding hydrogens is 413 g/mol. The van der Waals surface area contributed by atoms with E-state index < -0.39 is 0 Å². The topological polar surface area (TPSA) is 123 Å². The van der Waals surface area contributed by atoms with Crippen LogP contribution in [0.5, 0.6) is 0 Å². The van der Waals surface area contributed by atoms with E-state index in [4.69, 9.17) is 33.5 Å². The number of thioether (sulfide) groups is 1. The predicted octanol–water partition coefficient (Wildman–Crippen LogP) is 3.07. The summed E-state index contributed by atoms with van der Waals surface area (Å²) < 4.78 is 6.30. The van der Waals surface area contributed by atoms with Crippen molar-refractivity contribution < 1.29 is 9.21 Å². The average molecular weight is 426 g/mol. The molecule has 0 aliphatic heterocycles. The number of benzene rings is 1. The van der Waals surface area contributed by atoms with Gasteiger partial charge in [-0.25, -0.2) is 10.1 Å². The summed E-state index contributed by atoms with van der Waals surface area (Å²) in [6, 6.07) is 8.25. The van der Waals surface area contributed by atoms with Gasteiger partial charge in [-0.15, -0.1) is 10.2 Å².